The van der Waals surface area contributed by atoms with Gasteiger partial charge in [-0.1, -0.05) is 32.1 Å². The molecule has 4 nitrogen and oxygen atoms in total. The third kappa shape index (κ3) is 3.88. The van der Waals surface area contributed by atoms with Crippen molar-refractivity contribution < 1.29 is 30.7 Å². The fraction of sp³-hybridized carbons (Fsp3) is 0.812. The standard InChI is InChI=1S/C16H27N2O2.W/c1-4-17-12(3)15(19)18(5-2)14(16(17)20)11-13-9-7-6-8-10-13;/h12-14H,3-11H2,1-2H3;/q-1;. The molecular formula is C16H27N2O2W-. The molecule has 0 aromatic heterocycles. The van der Waals surface area contributed by atoms with Crippen molar-refractivity contribution in [3.63, 3.8) is 0 Å². The maximum absolute atomic E-state index is 12.6. The predicted octanol–water partition coefficient (Wildman–Crippen LogP) is 2.24. The molecule has 1 saturated carbocycles. The Kier molecular flexibility index (Phi) is 7.39. The summed E-state index contributed by atoms with van der Waals surface area (Å²) in [4.78, 5) is 28.4. The molecule has 0 N–H and O–H groups in total. The molecule has 120 valence electrons. The maximum atomic E-state index is 12.6. The van der Waals surface area contributed by atoms with E-state index in [1.807, 2.05) is 13.8 Å². The zero-order valence-electron chi connectivity index (χ0n) is 13.2. The SMILES string of the molecule is [CH2-]C1C(=O)N(CC)C(CC2CCCCC2)C(=O)N1CC.[W]. The summed E-state index contributed by atoms with van der Waals surface area (Å²) >= 11 is 0. The normalized spacial score (nSPS) is 27.8. The van der Waals surface area contributed by atoms with E-state index in [0.717, 1.165) is 6.42 Å². The molecule has 1 saturated heterocycles. The van der Waals surface area contributed by atoms with Gasteiger partial charge >= 0.3 is 0 Å². The monoisotopic (exact) mass is 463 g/mol. The van der Waals surface area contributed by atoms with Crippen LogP contribution in [0.3, 0.4) is 0 Å². The molecule has 0 aromatic rings. The van der Waals surface area contributed by atoms with Crippen LogP contribution in [0.5, 0.6) is 0 Å². The summed E-state index contributed by atoms with van der Waals surface area (Å²) in [6.45, 7) is 8.92. The fourth-order valence-electron chi connectivity index (χ4n) is 3.68. The summed E-state index contributed by atoms with van der Waals surface area (Å²) < 4.78 is 0. The van der Waals surface area contributed by atoms with Crippen molar-refractivity contribution in [1.82, 2.24) is 9.80 Å². The van der Waals surface area contributed by atoms with Gasteiger partial charge in [0.1, 0.15) is 6.04 Å². The van der Waals surface area contributed by atoms with Gasteiger partial charge in [0.15, 0.2) is 0 Å². The Bertz CT molecular complexity index is 369. The third-order valence-electron chi connectivity index (χ3n) is 4.85. The van der Waals surface area contributed by atoms with Gasteiger partial charge in [0, 0.05) is 34.2 Å². The van der Waals surface area contributed by atoms with E-state index in [-0.39, 0.29) is 38.9 Å². The second kappa shape index (κ2) is 8.31. The van der Waals surface area contributed by atoms with Gasteiger partial charge in [0.25, 0.3) is 0 Å². The van der Waals surface area contributed by atoms with E-state index in [2.05, 4.69) is 6.92 Å². The quantitative estimate of drug-likeness (QED) is 0.601. The molecule has 2 aliphatic rings. The summed E-state index contributed by atoms with van der Waals surface area (Å²) in [7, 11) is 0. The van der Waals surface area contributed by atoms with Crippen molar-refractivity contribution in [2.75, 3.05) is 13.1 Å². The van der Waals surface area contributed by atoms with Gasteiger partial charge in [-0.15, -0.1) is 0 Å². The predicted molar refractivity (Wildman–Crippen MR) is 78.9 cm³/mol. The van der Waals surface area contributed by atoms with E-state index >= 15 is 0 Å². The first-order valence-corrected chi connectivity index (χ1v) is 8.04. The summed E-state index contributed by atoms with van der Waals surface area (Å²) in [5.74, 6) is 0.703. The van der Waals surface area contributed by atoms with Crippen LogP contribution in [0.15, 0.2) is 0 Å². The van der Waals surface area contributed by atoms with Crippen LogP contribution in [0.1, 0.15) is 52.4 Å². The minimum Gasteiger partial charge on any atom is -0.359 e. The van der Waals surface area contributed by atoms with Crippen LogP contribution in [0.4, 0.5) is 0 Å². The summed E-state index contributed by atoms with van der Waals surface area (Å²) in [6.07, 6.45) is 7.09. The van der Waals surface area contributed by atoms with Gasteiger partial charge in [-0.05, 0) is 32.2 Å². The Morgan fingerprint density at radius 2 is 1.57 bits per heavy atom. The molecule has 2 atom stereocenters. The number of piperazine rings is 1. The minimum atomic E-state index is -0.546. The van der Waals surface area contributed by atoms with E-state index in [4.69, 9.17) is 0 Å². The number of nitrogens with zero attached hydrogens (tertiary/aromatic N) is 2. The molecule has 1 heterocycles. The van der Waals surface area contributed by atoms with Crippen molar-refractivity contribution >= 4 is 11.8 Å². The van der Waals surface area contributed by atoms with Crippen LogP contribution >= 0.6 is 0 Å². The first-order valence-electron chi connectivity index (χ1n) is 8.04. The van der Waals surface area contributed by atoms with Gasteiger partial charge in [-0.3, -0.25) is 9.59 Å². The molecule has 0 bridgehead atoms. The molecular weight excluding hydrogens is 436 g/mol. The zero-order chi connectivity index (χ0) is 14.7. The Morgan fingerprint density at radius 3 is 2.10 bits per heavy atom. The van der Waals surface area contributed by atoms with Crippen molar-refractivity contribution in [1.29, 1.82) is 0 Å². The van der Waals surface area contributed by atoms with E-state index in [9.17, 15) is 9.59 Å². The largest absolute Gasteiger partial charge is 0.359 e. The fourth-order valence-corrected chi connectivity index (χ4v) is 3.68. The van der Waals surface area contributed by atoms with Crippen molar-refractivity contribution in [3.8, 4) is 0 Å². The van der Waals surface area contributed by atoms with Gasteiger partial charge in [0.2, 0.25) is 11.8 Å². The maximum Gasteiger partial charge on any atom is 0.243 e. The topological polar surface area (TPSA) is 40.6 Å². The second-order valence-electron chi connectivity index (χ2n) is 6.02. The van der Waals surface area contributed by atoms with Gasteiger partial charge in [-0.2, -0.15) is 0 Å². The molecule has 21 heavy (non-hydrogen) atoms. The Morgan fingerprint density at radius 1 is 1.00 bits per heavy atom. The molecule has 2 unspecified atom stereocenters. The first-order chi connectivity index (χ1) is 9.60. The molecule has 0 spiro atoms. The first kappa shape index (κ1) is 18.7. The molecule has 2 rings (SSSR count). The van der Waals surface area contributed by atoms with Crippen LogP contribution in [-0.2, 0) is 30.7 Å². The van der Waals surface area contributed by atoms with Crippen LogP contribution in [0.25, 0.3) is 0 Å². The number of carbonyl (C=O) groups is 2. The molecule has 1 aliphatic carbocycles. The molecule has 0 aromatic carbocycles. The molecule has 1 aliphatic heterocycles. The third-order valence-corrected chi connectivity index (χ3v) is 4.85. The molecule has 0 radical (unpaired) electrons. The molecule has 2 amide bonds. The van der Waals surface area contributed by atoms with Crippen LogP contribution < -0.4 is 0 Å². The number of rotatable bonds is 4. The Labute approximate surface area is 142 Å². The van der Waals surface area contributed by atoms with Crippen molar-refractivity contribution in [3.05, 3.63) is 6.92 Å². The minimum absolute atomic E-state index is 0. The van der Waals surface area contributed by atoms with E-state index in [1.54, 1.807) is 9.80 Å². The second-order valence-corrected chi connectivity index (χ2v) is 6.02. The number of likely N-dealkylation sites (N-methyl/N-ethyl adjacent to an activating group) is 2. The van der Waals surface area contributed by atoms with Crippen LogP contribution in [0.2, 0.25) is 0 Å². The molecule has 5 heteroatoms. The number of hydrogen-bond acceptors (Lipinski definition) is 2. The van der Waals surface area contributed by atoms with Crippen LogP contribution in [-0.4, -0.2) is 46.8 Å². The van der Waals surface area contributed by atoms with E-state index in [0.29, 0.717) is 19.0 Å². The van der Waals surface area contributed by atoms with E-state index in [1.165, 1.54) is 32.1 Å². The Balaban J connectivity index is 0.00000220. The summed E-state index contributed by atoms with van der Waals surface area (Å²) in [6, 6.07) is -0.802. The zero-order valence-corrected chi connectivity index (χ0v) is 16.1. The summed E-state index contributed by atoms with van der Waals surface area (Å²) in [5, 5.41) is 0. The van der Waals surface area contributed by atoms with E-state index < -0.39 is 6.04 Å². The van der Waals surface area contributed by atoms with Crippen molar-refractivity contribution in [2.45, 2.75) is 64.5 Å². The van der Waals surface area contributed by atoms with Crippen LogP contribution in [0, 0.1) is 12.8 Å². The molecule has 2 fully saturated rings. The summed E-state index contributed by atoms with van der Waals surface area (Å²) in [5.41, 5.74) is 0. The van der Waals surface area contributed by atoms with Crippen molar-refractivity contribution in [2.24, 2.45) is 5.92 Å². The average molecular weight is 463 g/mol. The smallest absolute Gasteiger partial charge is 0.243 e. The number of amides is 2. The van der Waals surface area contributed by atoms with Gasteiger partial charge in [0.05, 0.1) is 0 Å². The van der Waals surface area contributed by atoms with Gasteiger partial charge in [-0.25, -0.2) is 0 Å². The number of carbonyl (C=O) groups excluding carboxylic acids is 2. The average Bonchev–Trinajstić information content (AvgIpc) is 2.47. The Hall–Kier alpha value is -0.372. The number of hydrogen-bond donors (Lipinski definition) is 0. The van der Waals surface area contributed by atoms with Gasteiger partial charge < -0.3 is 16.7 Å².